The van der Waals surface area contributed by atoms with Gasteiger partial charge in [-0.15, -0.1) is 5.10 Å². The van der Waals surface area contributed by atoms with Crippen molar-refractivity contribution in [2.24, 2.45) is 56.7 Å². The van der Waals surface area contributed by atoms with Crippen molar-refractivity contribution in [2.45, 2.75) is 125 Å². The van der Waals surface area contributed by atoms with E-state index < -0.39 is 17.5 Å². The molecule has 0 aliphatic heterocycles. The van der Waals surface area contributed by atoms with Crippen molar-refractivity contribution in [1.82, 2.24) is 19.9 Å². The second-order valence-electron chi connectivity index (χ2n) is 19.3. The third-order valence-electron chi connectivity index (χ3n) is 16.0. The van der Waals surface area contributed by atoms with Crippen LogP contribution >= 0.6 is 0 Å². The highest BCUT2D eigenvalue weighted by molar-refractivity contribution is 6.00. The lowest BCUT2D eigenvalue weighted by molar-refractivity contribution is -0.200. The Hall–Kier alpha value is -2.85. The number of methoxy groups -OCH3 is 1. The van der Waals surface area contributed by atoms with Crippen molar-refractivity contribution in [1.29, 1.82) is 0 Å². The molecule has 0 saturated heterocycles. The zero-order valence-electron chi connectivity index (χ0n) is 32.8. The molecule has 4 saturated carbocycles. The van der Waals surface area contributed by atoms with Gasteiger partial charge in [0, 0.05) is 32.0 Å². The fourth-order valence-electron chi connectivity index (χ4n) is 13.3. The van der Waals surface area contributed by atoms with Gasteiger partial charge in [-0.25, -0.2) is 4.68 Å². The van der Waals surface area contributed by atoms with Crippen LogP contribution < -0.4 is 0 Å². The Kier molecular flexibility index (Phi) is 9.28. The van der Waals surface area contributed by atoms with Gasteiger partial charge in [-0.05, 0) is 120 Å². The Labute approximate surface area is 309 Å². The highest BCUT2D eigenvalue weighted by Crippen LogP contribution is 2.77. The summed E-state index contributed by atoms with van der Waals surface area (Å²) in [6, 6.07) is 0. The minimum Gasteiger partial charge on any atom is -0.480 e. The smallest absolute Gasteiger partial charge is 0.325 e. The predicted molar refractivity (Wildman–Crippen MR) is 198 cm³/mol. The Morgan fingerprint density at radius 3 is 2.40 bits per heavy atom. The van der Waals surface area contributed by atoms with Crippen LogP contribution in [0, 0.1) is 56.7 Å². The number of hydrogen-bond acceptors (Lipinski definition) is 7. The van der Waals surface area contributed by atoms with Crippen LogP contribution in [0.5, 0.6) is 0 Å². The number of aliphatic carboxylic acids is 1. The van der Waals surface area contributed by atoms with Crippen molar-refractivity contribution in [3.05, 3.63) is 29.1 Å². The van der Waals surface area contributed by atoms with Gasteiger partial charge in [-0.2, -0.15) is 0 Å². The predicted octanol–water partition coefficient (Wildman–Crippen LogP) is 6.58. The van der Waals surface area contributed by atoms with Gasteiger partial charge < -0.3 is 19.8 Å². The molecule has 6 aliphatic rings. The molecule has 286 valence electrons. The van der Waals surface area contributed by atoms with E-state index in [1.807, 2.05) is 4.90 Å². The van der Waals surface area contributed by atoms with Gasteiger partial charge >= 0.3 is 5.97 Å². The van der Waals surface area contributed by atoms with Gasteiger partial charge in [0.05, 0.1) is 12.3 Å². The number of Topliss-reactive ketones (excluding diaryl/α,β-unsaturated/α-hetero) is 1. The largest absolute Gasteiger partial charge is 0.480 e. The highest BCUT2D eigenvalue weighted by Gasteiger charge is 2.70. The van der Waals surface area contributed by atoms with E-state index in [2.05, 4.69) is 64.9 Å². The van der Waals surface area contributed by atoms with Crippen LogP contribution in [-0.2, 0) is 25.7 Å². The molecule has 7 rings (SSSR count). The van der Waals surface area contributed by atoms with E-state index >= 15 is 0 Å². The van der Waals surface area contributed by atoms with E-state index in [0.717, 1.165) is 69.1 Å². The number of carboxylic acid groups (broad SMARTS) is 1. The van der Waals surface area contributed by atoms with E-state index in [0.29, 0.717) is 30.7 Å². The Morgan fingerprint density at radius 2 is 1.75 bits per heavy atom. The molecule has 1 unspecified atom stereocenters. The first-order valence-electron chi connectivity index (χ1n) is 20.0. The summed E-state index contributed by atoms with van der Waals surface area (Å²) in [4.78, 5) is 40.6. The highest BCUT2D eigenvalue weighted by atomic mass is 16.5. The molecule has 8 atom stereocenters. The summed E-state index contributed by atoms with van der Waals surface area (Å²) < 4.78 is 6.66. The lowest BCUT2D eigenvalue weighted by atomic mass is 9.33. The molecule has 1 heterocycles. The van der Waals surface area contributed by atoms with Crippen LogP contribution in [0.2, 0.25) is 0 Å². The van der Waals surface area contributed by atoms with E-state index in [-0.39, 0.29) is 64.9 Å². The summed E-state index contributed by atoms with van der Waals surface area (Å²) in [5, 5.41) is 30.3. The number of aliphatic hydroxyl groups excluding tert-OH is 1. The van der Waals surface area contributed by atoms with Crippen molar-refractivity contribution in [3.63, 3.8) is 0 Å². The topological polar surface area (TPSA) is 135 Å². The quantitative estimate of drug-likeness (QED) is 0.262. The maximum Gasteiger partial charge on any atom is 0.325 e. The number of amides is 1. The zero-order valence-corrected chi connectivity index (χ0v) is 32.8. The molecule has 2 N–H and O–H groups in total. The lowest BCUT2D eigenvalue weighted by Crippen LogP contribution is -2.64. The number of ketones is 1. The normalized spacial score (nSPS) is 37.2. The van der Waals surface area contributed by atoms with Crippen LogP contribution in [-0.4, -0.2) is 80.7 Å². The summed E-state index contributed by atoms with van der Waals surface area (Å²) in [7, 11) is 1.54. The average molecular weight is 719 g/mol. The number of hydrogen-bond donors (Lipinski definition) is 2. The Bertz CT molecular complexity index is 1690. The number of allylic oxidation sites excluding steroid dienone is 3. The molecule has 1 aromatic rings. The molecule has 1 aromatic heterocycles. The molecule has 0 radical (unpaired) electrons. The first kappa shape index (κ1) is 37.5. The molecule has 0 spiro atoms. The van der Waals surface area contributed by atoms with Crippen LogP contribution in [0.15, 0.2) is 23.4 Å². The van der Waals surface area contributed by atoms with E-state index in [1.165, 1.54) is 15.8 Å². The van der Waals surface area contributed by atoms with Crippen molar-refractivity contribution >= 4 is 23.2 Å². The summed E-state index contributed by atoms with van der Waals surface area (Å²) in [5.74, 6) is 0.856. The molecule has 10 heteroatoms. The van der Waals surface area contributed by atoms with Gasteiger partial charge in [0.25, 0.3) is 0 Å². The monoisotopic (exact) mass is 718 g/mol. The SMILES string of the molecule is COCC(=O)N(CC1CC1)C[C@H](O)[C@@]12CC[C@]3(C)C(CC[C@@H]4[C@@]5(C)CC=C(c6cn(CC(=O)O)nn6)C(C)(C)[C@@H]5CC[C@]43C)C1=C(C(C)C)C(=O)C2. The average Bonchev–Trinajstić information content (AvgIpc) is 3.67. The second kappa shape index (κ2) is 12.9. The molecule has 1 amide bonds. The molecule has 10 nitrogen and oxygen atoms in total. The summed E-state index contributed by atoms with van der Waals surface area (Å²) in [5.41, 5.74) is 3.39. The number of carboxylic acids is 1. The number of carbonyl (C=O) groups excluding carboxylic acids is 2. The maximum absolute atomic E-state index is 14.1. The molecule has 6 aliphatic carbocycles. The third-order valence-corrected chi connectivity index (χ3v) is 16.0. The van der Waals surface area contributed by atoms with Gasteiger partial charge in [0.15, 0.2) is 5.78 Å². The first-order valence-corrected chi connectivity index (χ1v) is 20.0. The van der Waals surface area contributed by atoms with Crippen LogP contribution in [0.3, 0.4) is 0 Å². The minimum absolute atomic E-state index is 0.00384. The number of aromatic nitrogens is 3. The van der Waals surface area contributed by atoms with E-state index in [9.17, 15) is 24.6 Å². The minimum atomic E-state index is -0.933. The Morgan fingerprint density at radius 1 is 1.02 bits per heavy atom. The second-order valence-corrected chi connectivity index (χ2v) is 19.3. The van der Waals surface area contributed by atoms with Crippen molar-refractivity contribution in [3.8, 4) is 0 Å². The fraction of sp³-hybridized carbons (Fsp3) is 0.786. The number of carbonyl (C=O) groups is 3. The van der Waals surface area contributed by atoms with E-state index in [4.69, 9.17) is 4.74 Å². The number of ether oxygens (including phenoxy) is 1. The van der Waals surface area contributed by atoms with Crippen LogP contribution in [0.4, 0.5) is 0 Å². The van der Waals surface area contributed by atoms with Crippen LogP contribution in [0.25, 0.3) is 5.57 Å². The maximum atomic E-state index is 14.1. The molecule has 0 aromatic carbocycles. The number of rotatable bonds is 11. The van der Waals surface area contributed by atoms with Gasteiger partial charge in [-0.1, -0.05) is 65.3 Å². The third kappa shape index (κ3) is 5.58. The summed E-state index contributed by atoms with van der Waals surface area (Å²) >= 11 is 0. The molecule has 52 heavy (non-hydrogen) atoms. The standard InChI is InChI=1S/C42H62N4O6/c1-25(2)36-30(47)19-42(33(48)22-45(20-26-9-10-26)34(49)24-52-8)18-17-40(6)28(37(36)42)11-12-32-39(5)15-13-27(29-21-46(44-43-29)23-35(50)51)38(3,4)31(39)14-16-41(32,40)7/h13,21,25-26,28,31-33,48H,9-12,14-20,22-24H2,1-8H3,(H,50,51)/t28?,31-,32+,33-,39-,40+,41+,42-/m0/s1. The van der Waals surface area contributed by atoms with Gasteiger partial charge in [0.1, 0.15) is 18.8 Å². The van der Waals surface area contributed by atoms with Gasteiger partial charge in [0.2, 0.25) is 5.91 Å². The number of aliphatic hydroxyl groups is 1. The molecular formula is C42H62N4O6. The lowest BCUT2D eigenvalue weighted by Gasteiger charge is -2.71. The number of fused-ring (bicyclic) bond motifs is 7. The molecule has 0 bridgehead atoms. The summed E-state index contributed by atoms with van der Waals surface area (Å²) in [6.07, 6.45) is 12.8. The zero-order chi connectivity index (χ0) is 37.6. The fourth-order valence-corrected chi connectivity index (χ4v) is 13.3. The van der Waals surface area contributed by atoms with Crippen molar-refractivity contribution < 1.29 is 29.3 Å². The Balaban J connectivity index is 1.22. The van der Waals surface area contributed by atoms with Crippen molar-refractivity contribution in [2.75, 3.05) is 26.8 Å². The van der Waals surface area contributed by atoms with Crippen LogP contribution in [0.1, 0.15) is 118 Å². The van der Waals surface area contributed by atoms with E-state index in [1.54, 1.807) is 13.3 Å². The molecular weight excluding hydrogens is 656 g/mol. The molecule has 4 fully saturated rings. The summed E-state index contributed by atoms with van der Waals surface area (Å²) in [6.45, 7) is 17.3. The van der Waals surface area contributed by atoms with Gasteiger partial charge in [-0.3, -0.25) is 14.4 Å². The first-order chi connectivity index (χ1) is 24.4. The number of nitrogens with zero attached hydrogens (tertiary/aromatic N) is 4.